The Balaban J connectivity index is 2.47. The van der Waals surface area contributed by atoms with Crippen LogP contribution >= 0.6 is 0 Å². The summed E-state index contributed by atoms with van der Waals surface area (Å²) in [6, 6.07) is 10.2. The third-order valence-electron chi connectivity index (χ3n) is 2.82. The highest BCUT2D eigenvalue weighted by Crippen LogP contribution is 2.26. The van der Waals surface area contributed by atoms with Crippen molar-refractivity contribution in [2.45, 2.75) is 0 Å². The number of hydrogen-bond acceptors (Lipinski definition) is 4. The Labute approximate surface area is 113 Å². The van der Waals surface area contributed by atoms with Gasteiger partial charge >= 0.3 is 5.97 Å². The van der Waals surface area contributed by atoms with Crippen LogP contribution in [0.4, 0.5) is 5.69 Å². The zero-order chi connectivity index (χ0) is 14.7. The molecular weight excluding hydrogens is 262 g/mol. The highest BCUT2D eigenvalue weighted by molar-refractivity contribution is 5.88. The molecule has 0 aliphatic rings. The van der Waals surface area contributed by atoms with Gasteiger partial charge in [-0.2, -0.15) is 0 Å². The average Bonchev–Trinajstić information content (AvgIpc) is 2.46. The molecule has 0 saturated heterocycles. The molecule has 6 nitrogen and oxygen atoms in total. The van der Waals surface area contributed by atoms with Gasteiger partial charge in [0.05, 0.1) is 16.1 Å². The van der Waals surface area contributed by atoms with Gasteiger partial charge in [-0.25, -0.2) is 4.79 Å². The molecule has 0 aromatic heterocycles. The maximum Gasteiger partial charge on any atom is 0.335 e. The number of nitro benzene ring substituents is 1. The van der Waals surface area contributed by atoms with Gasteiger partial charge in [-0.1, -0.05) is 18.2 Å². The molecule has 0 atom stereocenters. The van der Waals surface area contributed by atoms with Gasteiger partial charge in [0.1, 0.15) is 0 Å². The lowest BCUT2D eigenvalue weighted by Crippen LogP contribution is -1.96. The van der Waals surface area contributed by atoms with E-state index in [1.807, 2.05) is 0 Å². The molecule has 0 aliphatic carbocycles. The van der Waals surface area contributed by atoms with E-state index in [1.54, 1.807) is 18.2 Å². The maximum atomic E-state index is 10.9. The predicted octanol–water partition coefficient (Wildman–Crippen LogP) is 2.77. The second-order valence-corrected chi connectivity index (χ2v) is 4.03. The van der Waals surface area contributed by atoms with E-state index < -0.39 is 10.9 Å². The van der Waals surface area contributed by atoms with Crippen molar-refractivity contribution in [3.63, 3.8) is 0 Å². The number of carbonyl (C=O) groups is 2. The van der Waals surface area contributed by atoms with Gasteiger partial charge in [0.15, 0.2) is 6.29 Å². The Hall–Kier alpha value is -3.02. The largest absolute Gasteiger partial charge is 0.478 e. The average molecular weight is 271 g/mol. The van der Waals surface area contributed by atoms with Gasteiger partial charge < -0.3 is 5.11 Å². The van der Waals surface area contributed by atoms with Crippen molar-refractivity contribution in [1.82, 2.24) is 0 Å². The van der Waals surface area contributed by atoms with E-state index in [2.05, 4.69) is 0 Å². The summed E-state index contributed by atoms with van der Waals surface area (Å²) < 4.78 is 0. The lowest BCUT2D eigenvalue weighted by Gasteiger charge is -2.03. The van der Waals surface area contributed by atoms with Crippen molar-refractivity contribution in [3.05, 3.63) is 63.7 Å². The lowest BCUT2D eigenvalue weighted by molar-refractivity contribution is -0.385. The van der Waals surface area contributed by atoms with E-state index in [0.29, 0.717) is 17.4 Å². The van der Waals surface area contributed by atoms with Crippen molar-refractivity contribution >= 4 is 17.9 Å². The van der Waals surface area contributed by atoms with Crippen LogP contribution in [-0.4, -0.2) is 22.3 Å². The minimum Gasteiger partial charge on any atom is -0.478 e. The number of carboxylic acids is 1. The number of aromatic carboxylic acids is 1. The van der Waals surface area contributed by atoms with E-state index in [1.165, 1.54) is 24.3 Å². The van der Waals surface area contributed by atoms with Crippen molar-refractivity contribution in [2.24, 2.45) is 0 Å². The Morgan fingerprint density at radius 1 is 1.10 bits per heavy atom. The third kappa shape index (κ3) is 2.54. The Kier molecular flexibility index (Phi) is 3.56. The van der Waals surface area contributed by atoms with Crippen LogP contribution in [0.15, 0.2) is 42.5 Å². The second-order valence-electron chi connectivity index (χ2n) is 4.03. The first-order valence-electron chi connectivity index (χ1n) is 5.60. The quantitative estimate of drug-likeness (QED) is 0.523. The lowest BCUT2D eigenvalue weighted by atomic mass is 10.0. The summed E-state index contributed by atoms with van der Waals surface area (Å²) in [4.78, 5) is 31.7. The summed E-state index contributed by atoms with van der Waals surface area (Å²) in [5.41, 5.74) is 1.03. The van der Waals surface area contributed by atoms with Crippen LogP contribution in [0.3, 0.4) is 0 Å². The Morgan fingerprint density at radius 3 is 2.20 bits per heavy atom. The molecule has 2 aromatic carbocycles. The summed E-state index contributed by atoms with van der Waals surface area (Å²) in [7, 11) is 0. The maximum absolute atomic E-state index is 10.9. The molecule has 0 saturated carbocycles. The van der Waals surface area contributed by atoms with Crippen molar-refractivity contribution in [1.29, 1.82) is 0 Å². The minimum atomic E-state index is -1.04. The zero-order valence-corrected chi connectivity index (χ0v) is 10.1. The molecule has 0 aliphatic heterocycles. The molecule has 0 bridgehead atoms. The molecule has 0 amide bonds. The van der Waals surface area contributed by atoms with Gasteiger partial charge in [-0.15, -0.1) is 0 Å². The van der Waals surface area contributed by atoms with Crippen molar-refractivity contribution in [2.75, 3.05) is 0 Å². The first-order valence-corrected chi connectivity index (χ1v) is 5.60. The highest BCUT2D eigenvalue weighted by Gasteiger charge is 2.14. The van der Waals surface area contributed by atoms with E-state index in [4.69, 9.17) is 5.11 Å². The number of hydrogen-bond donors (Lipinski definition) is 1. The third-order valence-corrected chi connectivity index (χ3v) is 2.82. The van der Waals surface area contributed by atoms with Gasteiger partial charge in [-0.05, 0) is 29.3 Å². The number of nitro groups is 1. The van der Waals surface area contributed by atoms with E-state index in [-0.39, 0.29) is 16.8 Å². The summed E-state index contributed by atoms with van der Waals surface area (Å²) >= 11 is 0. The molecule has 2 aromatic rings. The minimum absolute atomic E-state index is 0.000839. The molecule has 0 radical (unpaired) electrons. The molecule has 0 unspecified atom stereocenters. The van der Waals surface area contributed by atoms with Crippen LogP contribution < -0.4 is 0 Å². The molecule has 2 rings (SSSR count). The van der Waals surface area contributed by atoms with E-state index in [0.717, 1.165) is 0 Å². The Morgan fingerprint density at radius 2 is 1.70 bits per heavy atom. The standard InChI is InChI=1S/C14H9NO5/c16-8-12-6-5-11(7-13(12)15(19)20)9-1-3-10(4-2-9)14(17)18/h1-8H,(H,17,18). The fourth-order valence-electron chi connectivity index (χ4n) is 1.79. The van der Waals surface area contributed by atoms with Crippen LogP contribution in [0, 0.1) is 10.1 Å². The molecule has 6 heteroatoms. The van der Waals surface area contributed by atoms with Gasteiger partial charge in [0, 0.05) is 6.07 Å². The smallest absolute Gasteiger partial charge is 0.335 e. The first kappa shape index (κ1) is 13.4. The fraction of sp³-hybridized carbons (Fsp3) is 0. The summed E-state index contributed by atoms with van der Waals surface area (Å²) in [5.74, 6) is -1.04. The van der Waals surface area contributed by atoms with Crippen LogP contribution in [0.1, 0.15) is 20.7 Å². The topological polar surface area (TPSA) is 97.5 Å². The summed E-state index contributed by atoms with van der Waals surface area (Å²) in [5, 5.41) is 19.7. The zero-order valence-electron chi connectivity index (χ0n) is 10.1. The van der Waals surface area contributed by atoms with E-state index in [9.17, 15) is 19.7 Å². The normalized spacial score (nSPS) is 10.0. The first-order chi connectivity index (χ1) is 9.52. The predicted molar refractivity (Wildman–Crippen MR) is 70.9 cm³/mol. The number of rotatable bonds is 4. The fourth-order valence-corrected chi connectivity index (χ4v) is 1.79. The van der Waals surface area contributed by atoms with Crippen molar-refractivity contribution < 1.29 is 19.6 Å². The number of carbonyl (C=O) groups excluding carboxylic acids is 1. The molecule has 0 fully saturated rings. The number of benzene rings is 2. The van der Waals surface area contributed by atoms with Crippen molar-refractivity contribution in [3.8, 4) is 11.1 Å². The number of nitrogens with zero attached hydrogens (tertiary/aromatic N) is 1. The van der Waals surface area contributed by atoms with Gasteiger partial charge in [-0.3, -0.25) is 14.9 Å². The summed E-state index contributed by atoms with van der Waals surface area (Å²) in [6.45, 7) is 0. The van der Waals surface area contributed by atoms with Gasteiger partial charge in [0.2, 0.25) is 0 Å². The van der Waals surface area contributed by atoms with Crippen LogP contribution in [0.2, 0.25) is 0 Å². The summed E-state index contributed by atoms with van der Waals surface area (Å²) in [6.07, 6.45) is 0.426. The highest BCUT2D eigenvalue weighted by atomic mass is 16.6. The van der Waals surface area contributed by atoms with Gasteiger partial charge in [0.25, 0.3) is 5.69 Å². The molecular formula is C14H9NO5. The van der Waals surface area contributed by atoms with Crippen LogP contribution in [-0.2, 0) is 0 Å². The second kappa shape index (κ2) is 5.31. The van der Waals surface area contributed by atoms with Crippen LogP contribution in [0.5, 0.6) is 0 Å². The molecule has 0 spiro atoms. The SMILES string of the molecule is O=Cc1ccc(-c2ccc(C(=O)O)cc2)cc1[N+](=O)[O-]. The number of carboxylic acid groups (broad SMARTS) is 1. The molecule has 1 N–H and O–H groups in total. The monoisotopic (exact) mass is 271 g/mol. The Bertz CT molecular complexity index is 691. The number of aldehydes is 1. The molecule has 0 heterocycles. The molecule has 100 valence electrons. The van der Waals surface area contributed by atoms with E-state index >= 15 is 0 Å². The molecule has 20 heavy (non-hydrogen) atoms. The van der Waals surface area contributed by atoms with Crippen LogP contribution in [0.25, 0.3) is 11.1 Å².